The van der Waals surface area contributed by atoms with Crippen molar-refractivity contribution in [1.82, 2.24) is 14.9 Å². The molecular formula is C19H21FN4O2S. The molecule has 0 fully saturated rings. The van der Waals surface area contributed by atoms with Crippen molar-refractivity contribution in [1.29, 1.82) is 0 Å². The molecule has 27 heavy (non-hydrogen) atoms. The van der Waals surface area contributed by atoms with Gasteiger partial charge in [0.25, 0.3) is 0 Å². The first kappa shape index (κ1) is 19.0. The number of nitrogens with two attached hydrogens (primary N) is 1. The maximum Gasteiger partial charge on any atom is 0.210 e. The van der Waals surface area contributed by atoms with Crippen molar-refractivity contribution in [2.24, 2.45) is 0 Å². The summed E-state index contributed by atoms with van der Waals surface area (Å²) in [5, 5.41) is 8.75. The number of rotatable bonds is 8. The van der Waals surface area contributed by atoms with Gasteiger partial charge < -0.3 is 15.3 Å². The first-order valence-corrected chi connectivity index (χ1v) is 9.42. The third-order valence-electron chi connectivity index (χ3n) is 3.82. The van der Waals surface area contributed by atoms with Crippen LogP contribution >= 0.6 is 11.8 Å². The quantitative estimate of drug-likeness (QED) is 0.362. The maximum atomic E-state index is 12.9. The maximum absolute atomic E-state index is 12.9. The van der Waals surface area contributed by atoms with E-state index in [1.54, 1.807) is 12.1 Å². The van der Waals surface area contributed by atoms with E-state index >= 15 is 0 Å². The second kappa shape index (κ2) is 8.77. The van der Waals surface area contributed by atoms with E-state index in [4.69, 9.17) is 15.3 Å². The van der Waals surface area contributed by atoms with Crippen LogP contribution in [0.3, 0.4) is 0 Å². The second-order valence-corrected chi connectivity index (χ2v) is 7.04. The molecule has 1 aromatic heterocycles. The smallest absolute Gasteiger partial charge is 0.210 e. The number of thioether (sulfide) groups is 1. The molecular weight excluding hydrogens is 367 g/mol. The van der Waals surface area contributed by atoms with Gasteiger partial charge in [0.05, 0.1) is 6.61 Å². The Labute approximate surface area is 161 Å². The van der Waals surface area contributed by atoms with Gasteiger partial charge in [-0.15, -0.1) is 10.2 Å². The highest BCUT2D eigenvalue weighted by molar-refractivity contribution is 7.99. The summed E-state index contributed by atoms with van der Waals surface area (Å²) in [5.74, 6) is 8.34. The lowest BCUT2D eigenvalue weighted by molar-refractivity contribution is 0.289. The Balaban J connectivity index is 1.48. The molecule has 0 saturated heterocycles. The molecule has 2 N–H and O–H groups in total. The van der Waals surface area contributed by atoms with Crippen LogP contribution < -0.4 is 15.3 Å². The molecule has 0 bridgehead atoms. The summed E-state index contributed by atoms with van der Waals surface area (Å²) in [7, 11) is 0. The van der Waals surface area contributed by atoms with Gasteiger partial charge in [-0.05, 0) is 49.7 Å². The normalized spacial score (nSPS) is 10.8. The third kappa shape index (κ3) is 5.13. The van der Waals surface area contributed by atoms with E-state index in [1.165, 1.54) is 34.1 Å². The van der Waals surface area contributed by atoms with Crippen molar-refractivity contribution in [2.75, 3.05) is 18.2 Å². The number of nitrogens with zero attached hydrogens (tertiary/aromatic N) is 3. The van der Waals surface area contributed by atoms with Gasteiger partial charge in [0.1, 0.15) is 23.9 Å². The topological polar surface area (TPSA) is 75.2 Å². The Morgan fingerprint density at radius 2 is 1.85 bits per heavy atom. The summed E-state index contributed by atoms with van der Waals surface area (Å²) in [6, 6.07) is 11.9. The fourth-order valence-corrected chi connectivity index (χ4v) is 3.12. The highest BCUT2D eigenvalue weighted by Crippen LogP contribution is 2.21. The molecule has 142 valence electrons. The fraction of sp³-hybridized carbons (Fsp3) is 0.263. The van der Waals surface area contributed by atoms with Crippen LogP contribution in [0.1, 0.15) is 17.0 Å². The molecule has 3 aromatic rings. The molecule has 0 radical (unpaired) electrons. The Morgan fingerprint density at radius 1 is 1.07 bits per heavy atom. The van der Waals surface area contributed by atoms with Gasteiger partial charge in [-0.25, -0.2) is 9.07 Å². The predicted molar refractivity (Wildman–Crippen MR) is 103 cm³/mol. The lowest BCUT2D eigenvalue weighted by atomic mass is 10.1. The Bertz CT molecular complexity index is 899. The van der Waals surface area contributed by atoms with Crippen LogP contribution in [0.4, 0.5) is 4.39 Å². The number of halogens is 1. The summed E-state index contributed by atoms with van der Waals surface area (Å²) < 4.78 is 25.6. The van der Waals surface area contributed by atoms with Crippen LogP contribution in [-0.2, 0) is 6.61 Å². The number of hydrogen-bond acceptors (Lipinski definition) is 6. The number of ether oxygens (including phenoxy) is 2. The van der Waals surface area contributed by atoms with E-state index in [1.807, 2.05) is 26.0 Å². The summed E-state index contributed by atoms with van der Waals surface area (Å²) in [4.78, 5) is 0. The zero-order chi connectivity index (χ0) is 19.2. The van der Waals surface area contributed by atoms with Crippen molar-refractivity contribution in [3.05, 3.63) is 65.2 Å². The van der Waals surface area contributed by atoms with Crippen molar-refractivity contribution < 1.29 is 13.9 Å². The van der Waals surface area contributed by atoms with E-state index < -0.39 is 0 Å². The average molecular weight is 388 g/mol. The lowest BCUT2D eigenvalue weighted by Crippen LogP contribution is -2.16. The van der Waals surface area contributed by atoms with Crippen molar-refractivity contribution in [2.45, 2.75) is 25.6 Å². The Morgan fingerprint density at radius 3 is 2.59 bits per heavy atom. The predicted octanol–water partition coefficient (Wildman–Crippen LogP) is 3.50. The van der Waals surface area contributed by atoms with Crippen LogP contribution in [0.25, 0.3) is 0 Å². The van der Waals surface area contributed by atoms with Gasteiger partial charge in [0, 0.05) is 5.75 Å². The second-order valence-electron chi connectivity index (χ2n) is 5.98. The minimum Gasteiger partial charge on any atom is -0.493 e. The van der Waals surface area contributed by atoms with E-state index in [-0.39, 0.29) is 12.4 Å². The molecule has 0 unspecified atom stereocenters. The molecule has 0 saturated carbocycles. The summed E-state index contributed by atoms with van der Waals surface area (Å²) in [6.07, 6.45) is 0. The molecule has 0 atom stereocenters. The summed E-state index contributed by atoms with van der Waals surface area (Å²) >= 11 is 1.43. The van der Waals surface area contributed by atoms with E-state index in [2.05, 4.69) is 16.3 Å². The summed E-state index contributed by atoms with van der Waals surface area (Å²) in [5.41, 5.74) is 2.24. The lowest BCUT2D eigenvalue weighted by Gasteiger charge is -2.09. The Kier molecular flexibility index (Phi) is 6.18. The SMILES string of the molecule is Cc1ccc(OCc2nnc(SCCOc3ccc(F)cc3)n2N)c(C)c1. The van der Waals surface area contributed by atoms with Crippen LogP contribution in [0.15, 0.2) is 47.6 Å². The molecule has 0 aliphatic rings. The molecule has 0 amide bonds. The third-order valence-corrected chi connectivity index (χ3v) is 4.73. The minimum absolute atomic E-state index is 0.236. The standard InChI is InChI=1S/C19H21FN4O2S/c1-13-3-8-17(14(2)11-13)26-12-18-22-23-19(24(18)21)27-10-9-25-16-6-4-15(20)5-7-16/h3-8,11H,9-10,12,21H2,1-2H3. The van der Waals surface area contributed by atoms with E-state index in [0.29, 0.717) is 29.1 Å². The highest BCUT2D eigenvalue weighted by atomic mass is 32.2. The number of nitrogen functional groups attached to an aromatic ring is 1. The van der Waals surface area contributed by atoms with Gasteiger partial charge in [-0.2, -0.15) is 0 Å². The van der Waals surface area contributed by atoms with E-state index in [0.717, 1.165) is 11.3 Å². The molecule has 0 aliphatic carbocycles. The van der Waals surface area contributed by atoms with Crippen LogP contribution in [-0.4, -0.2) is 27.2 Å². The first-order chi connectivity index (χ1) is 13.0. The summed E-state index contributed by atoms with van der Waals surface area (Å²) in [6.45, 7) is 4.71. The molecule has 0 spiro atoms. The van der Waals surface area contributed by atoms with Gasteiger partial charge in [-0.1, -0.05) is 29.5 Å². The van der Waals surface area contributed by atoms with Gasteiger partial charge in [-0.3, -0.25) is 0 Å². The van der Waals surface area contributed by atoms with Crippen LogP contribution in [0, 0.1) is 19.7 Å². The molecule has 3 rings (SSSR count). The largest absolute Gasteiger partial charge is 0.493 e. The van der Waals surface area contributed by atoms with Crippen LogP contribution in [0.2, 0.25) is 0 Å². The van der Waals surface area contributed by atoms with Crippen molar-refractivity contribution >= 4 is 11.8 Å². The number of hydrogen-bond donors (Lipinski definition) is 1. The molecule has 8 heteroatoms. The number of aromatic nitrogens is 3. The molecule has 0 aliphatic heterocycles. The first-order valence-electron chi connectivity index (χ1n) is 8.43. The average Bonchev–Trinajstić information content (AvgIpc) is 2.99. The number of benzene rings is 2. The van der Waals surface area contributed by atoms with Gasteiger partial charge >= 0.3 is 0 Å². The monoisotopic (exact) mass is 388 g/mol. The van der Waals surface area contributed by atoms with Gasteiger partial charge in [0.15, 0.2) is 5.82 Å². The highest BCUT2D eigenvalue weighted by Gasteiger charge is 2.11. The molecule has 2 aromatic carbocycles. The van der Waals surface area contributed by atoms with Gasteiger partial charge in [0.2, 0.25) is 5.16 Å². The zero-order valence-corrected chi connectivity index (χ0v) is 16.0. The number of aryl methyl sites for hydroxylation is 2. The van der Waals surface area contributed by atoms with Crippen LogP contribution in [0.5, 0.6) is 11.5 Å². The molecule has 1 heterocycles. The molecule has 6 nitrogen and oxygen atoms in total. The zero-order valence-electron chi connectivity index (χ0n) is 15.2. The van der Waals surface area contributed by atoms with Crippen molar-refractivity contribution in [3.63, 3.8) is 0 Å². The Hall–Kier alpha value is -2.74. The van der Waals surface area contributed by atoms with E-state index in [9.17, 15) is 4.39 Å². The fourth-order valence-electron chi connectivity index (χ4n) is 2.43. The van der Waals surface area contributed by atoms with Crippen molar-refractivity contribution in [3.8, 4) is 11.5 Å². The minimum atomic E-state index is -0.288.